The van der Waals surface area contributed by atoms with Gasteiger partial charge in [0.2, 0.25) is 0 Å². The zero-order valence-electron chi connectivity index (χ0n) is 11.1. The molecule has 1 heterocycles. The lowest BCUT2D eigenvalue weighted by Gasteiger charge is -2.39. The molecule has 1 nitrogen and oxygen atoms in total. The van der Waals surface area contributed by atoms with Crippen LogP contribution in [-0.2, 0) is 6.42 Å². The summed E-state index contributed by atoms with van der Waals surface area (Å²) < 4.78 is 41.6. The summed E-state index contributed by atoms with van der Waals surface area (Å²) in [7, 11) is 0. The molecule has 2 aromatic rings. The van der Waals surface area contributed by atoms with Crippen LogP contribution in [0.5, 0.6) is 0 Å². The fraction of sp³-hybridized carbons (Fsp3) is 0.250. The molecule has 0 amide bonds. The van der Waals surface area contributed by atoms with E-state index in [0.717, 1.165) is 10.0 Å². The molecule has 21 heavy (non-hydrogen) atoms. The van der Waals surface area contributed by atoms with Crippen molar-refractivity contribution in [2.45, 2.75) is 18.6 Å². The third-order valence-corrected chi connectivity index (χ3v) is 4.28. The Morgan fingerprint density at radius 2 is 1.67 bits per heavy atom. The highest BCUT2D eigenvalue weighted by Gasteiger charge is 2.47. The van der Waals surface area contributed by atoms with Gasteiger partial charge in [0.25, 0.3) is 0 Å². The first-order valence-electron chi connectivity index (χ1n) is 6.63. The molecule has 3 rings (SSSR count). The molecule has 0 aliphatic carbocycles. The van der Waals surface area contributed by atoms with Crippen molar-refractivity contribution in [3.8, 4) is 0 Å². The Morgan fingerprint density at radius 1 is 1.00 bits per heavy atom. The lowest BCUT2D eigenvalue weighted by molar-refractivity contribution is -0.151. The first-order valence-corrected chi connectivity index (χ1v) is 7.43. The van der Waals surface area contributed by atoms with Crippen molar-refractivity contribution in [2.75, 3.05) is 11.4 Å². The molecule has 0 saturated carbocycles. The number of hydrogen-bond donors (Lipinski definition) is 0. The van der Waals surface area contributed by atoms with Crippen LogP contribution in [0.15, 0.2) is 53.0 Å². The first kappa shape index (κ1) is 14.4. The molecule has 0 radical (unpaired) electrons. The van der Waals surface area contributed by atoms with E-state index in [1.54, 1.807) is 48.5 Å². The van der Waals surface area contributed by atoms with Crippen molar-refractivity contribution in [3.63, 3.8) is 0 Å². The van der Waals surface area contributed by atoms with E-state index >= 15 is 0 Å². The fourth-order valence-electron chi connectivity index (χ4n) is 2.83. The number of anilines is 1. The van der Waals surface area contributed by atoms with Gasteiger partial charge in [-0.3, -0.25) is 0 Å². The zero-order valence-corrected chi connectivity index (χ0v) is 12.7. The van der Waals surface area contributed by atoms with Crippen molar-refractivity contribution in [1.29, 1.82) is 0 Å². The number of alkyl halides is 3. The first-order chi connectivity index (χ1) is 9.97. The standard InChI is InChI=1S/C16H13BrF3N/c17-12-5-7-13(8-6-12)21-10-9-11-3-1-2-4-14(11)15(21)16(18,19)20/h1-8,15H,9-10H2. The summed E-state index contributed by atoms with van der Waals surface area (Å²) >= 11 is 3.31. The molecule has 0 fully saturated rings. The van der Waals surface area contributed by atoms with Crippen LogP contribution < -0.4 is 4.90 Å². The van der Waals surface area contributed by atoms with E-state index in [0.29, 0.717) is 24.2 Å². The molecule has 0 bridgehead atoms. The second-order valence-corrected chi connectivity index (χ2v) is 5.98. The molecule has 1 atom stereocenters. The summed E-state index contributed by atoms with van der Waals surface area (Å²) in [6.07, 6.45) is -3.68. The molecule has 0 N–H and O–H groups in total. The summed E-state index contributed by atoms with van der Waals surface area (Å²) in [4.78, 5) is 1.44. The van der Waals surface area contributed by atoms with E-state index < -0.39 is 12.2 Å². The van der Waals surface area contributed by atoms with Gasteiger partial charge in [0.05, 0.1) is 0 Å². The molecular weight excluding hydrogens is 343 g/mol. The van der Waals surface area contributed by atoms with Gasteiger partial charge < -0.3 is 4.90 Å². The minimum atomic E-state index is -4.30. The lowest BCUT2D eigenvalue weighted by Crippen LogP contribution is -2.43. The van der Waals surface area contributed by atoms with Crippen molar-refractivity contribution >= 4 is 21.6 Å². The monoisotopic (exact) mass is 355 g/mol. The third kappa shape index (κ3) is 2.79. The maximum atomic E-state index is 13.6. The molecule has 1 aliphatic rings. The van der Waals surface area contributed by atoms with Gasteiger partial charge in [-0.05, 0) is 41.8 Å². The molecule has 5 heteroatoms. The number of benzene rings is 2. The van der Waals surface area contributed by atoms with Crippen molar-refractivity contribution < 1.29 is 13.2 Å². The van der Waals surface area contributed by atoms with Gasteiger partial charge >= 0.3 is 6.18 Å². The van der Waals surface area contributed by atoms with Crippen LogP contribution in [0.1, 0.15) is 17.2 Å². The summed E-state index contributed by atoms with van der Waals surface area (Å²) in [5, 5.41) is 0. The molecule has 1 unspecified atom stereocenters. The molecular formula is C16H13BrF3N. The van der Waals surface area contributed by atoms with Gasteiger partial charge in [-0.1, -0.05) is 40.2 Å². The Morgan fingerprint density at radius 3 is 2.33 bits per heavy atom. The predicted octanol–water partition coefficient (Wildman–Crippen LogP) is 5.12. The van der Waals surface area contributed by atoms with Crippen LogP contribution >= 0.6 is 15.9 Å². The number of rotatable bonds is 1. The van der Waals surface area contributed by atoms with Gasteiger partial charge in [0.1, 0.15) is 0 Å². The molecule has 0 spiro atoms. The van der Waals surface area contributed by atoms with Gasteiger partial charge in [0.15, 0.2) is 6.04 Å². The van der Waals surface area contributed by atoms with E-state index in [1.807, 2.05) is 0 Å². The lowest BCUT2D eigenvalue weighted by atomic mass is 9.91. The van der Waals surface area contributed by atoms with Crippen LogP contribution in [0.25, 0.3) is 0 Å². The van der Waals surface area contributed by atoms with E-state index in [1.165, 1.54) is 4.90 Å². The minimum Gasteiger partial charge on any atom is -0.356 e. The zero-order chi connectivity index (χ0) is 15.0. The molecule has 1 aliphatic heterocycles. The highest BCUT2D eigenvalue weighted by molar-refractivity contribution is 9.10. The Kier molecular flexibility index (Phi) is 3.69. The van der Waals surface area contributed by atoms with Crippen LogP contribution in [-0.4, -0.2) is 12.7 Å². The Labute approximate surface area is 129 Å². The Balaban J connectivity index is 2.07. The average Bonchev–Trinajstić information content (AvgIpc) is 2.46. The Hall–Kier alpha value is -1.49. The maximum Gasteiger partial charge on any atom is 0.413 e. The van der Waals surface area contributed by atoms with Crippen molar-refractivity contribution in [3.05, 3.63) is 64.1 Å². The number of nitrogens with zero attached hydrogens (tertiary/aromatic N) is 1. The fourth-order valence-corrected chi connectivity index (χ4v) is 3.09. The topological polar surface area (TPSA) is 3.24 Å². The highest BCUT2D eigenvalue weighted by atomic mass is 79.9. The van der Waals surface area contributed by atoms with Crippen molar-refractivity contribution in [2.24, 2.45) is 0 Å². The normalized spacial score (nSPS) is 18.5. The van der Waals surface area contributed by atoms with Gasteiger partial charge in [0, 0.05) is 16.7 Å². The number of hydrogen-bond acceptors (Lipinski definition) is 1. The minimum absolute atomic E-state index is 0.360. The highest BCUT2D eigenvalue weighted by Crippen LogP contribution is 2.43. The second kappa shape index (κ2) is 5.37. The molecule has 110 valence electrons. The van der Waals surface area contributed by atoms with E-state index in [2.05, 4.69) is 15.9 Å². The second-order valence-electron chi connectivity index (χ2n) is 5.06. The van der Waals surface area contributed by atoms with E-state index in [-0.39, 0.29) is 0 Å². The van der Waals surface area contributed by atoms with Crippen LogP contribution in [0.2, 0.25) is 0 Å². The third-order valence-electron chi connectivity index (χ3n) is 3.75. The average molecular weight is 356 g/mol. The quantitative estimate of drug-likeness (QED) is 0.686. The van der Waals surface area contributed by atoms with Gasteiger partial charge in [-0.15, -0.1) is 0 Å². The summed E-state index contributed by atoms with van der Waals surface area (Å²) in [6.45, 7) is 0.364. The van der Waals surface area contributed by atoms with E-state index in [4.69, 9.17) is 0 Å². The largest absolute Gasteiger partial charge is 0.413 e. The van der Waals surface area contributed by atoms with Crippen LogP contribution in [0.4, 0.5) is 18.9 Å². The maximum absolute atomic E-state index is 13.6. The van der Waals surface area contributed by atoms with Crippen molar-refractivity contribution in [1.82, 2.24) is 0 Å². The smallest absolute Gasteiger partial charge is 0.356 e. The number of halogens is 4. The van der Waals surface area contributed by atoms with Gasteiger partial charge in [-0.2, -0.15) is 13.2 Å². The number of fused-ring (bicyclic) bond motifs is 1. The van der Waals surface area contributed by atoms with Crippen LogP contribution in [0, 0.1) is 0 Å². The van der Waals surface area contributed by atoms with Crippen LogP contribution in [0.3, 0.4) is 0 Å². The Bertz CT molecular complexity index is 637. The summed E-state index contributed by atoms with van der Waals surface area (Å²) in [5.74, 6) is 0. The molecule has 2 aromatic carbocycles. The molecule has 0 aromatic heterocycles. The summed E-state index contributed by atoms with van der Waals surface area (Å²) in [6, 6.07) is 12.2. The SMILES string of the molecule is FC(F)(F)C1c2ccccc2CCN1c1ccc(Br)cc1. The summed E-state index contributed by atoms with van der Waals surface area (Å²) in [5.41, 5.74) is 1.74. The predicted molar refractivity (Wildman–Crippen MR) is 80.4 cm³/mol. The van der Waals surface area contributed by atoms with E-state index in [9.17, 15) is 13.2 Å². The van der Waals surface area contributed by atoms with Gasteiger partial charge in [-0.25, -0.2) is 0 Å². The molecule has 0 saturated heterocycles.